The fourth-order valence-electron chi connectivity index (χ4n) is 2.12. The molecular weight excluding hydrogens is 272 g/mol. The second kappa shape index (κ2) is 6.36. The Morgan fingerprint density at radius 1 is 1.48 bits per heavy atom. The van der Waals surface area contributed by atoms with Gasteiger partial charge in [0.2, 0.25) is 0 Å². The Hall–Kier alpha value is -2.41. The van der Waals surface area contributed by atoms with E-state index in [0.717, 1.165) is 5.56 Å². The van der Waals surface area contributed by atoms with Gasteiger partial charge in [0.15, 0.2) is 0 Å². The number of rotatable bonds is 6. The quantitative estimate of drug-likeness (QED) is 0.652. The summed E-state index contributed by atoms with van der Waals surface area (Å²) in [4.78, 5) is 10.8. The van der Waals surface area contributed by atoms with Gasteiger partial charge in [-0.25, -0.2) is 4.68 Å². The van der Waals surface area contributed by atoms with Gasteiger partial charge in [-0.3, -0.25) is 10.1 Å². The van der Waals surface area contributed by atoms with Crippen LogP contribution in [0.2, 0.25) is 0 Å². The molecule has 2 aromatic rings. The highest BCUT2D eigenvalue weighted by Crippen LogP contribution is 2.34. The van der Waals surface area contributed by atoms with Gasteiger partial charge in [-0.2, -0.15) is 5.10 Å². The first kappa shape index (κ1) is 15.0. The van der Waals surface area contributed by atoms with Crippen LogP contribution in [-0.2, 0) is 20.0 Å². The number of nitrogens with one attached hydrogen (secondary N) is 1. The van der Waals surface area contributed by atoms with Crippen LogP contribution in [0, 0.1) is 10.1 Å². The van der Waals surface area contributed by atoms with Crippen molar-refractivity contribution >= 4 is 5.69 Å². The van der Waals surface area contributed by atoms with Crippen molar-refractivity contribution in [1.82, 2.24) is 15.1 Å². The Labute approximate surface area is 122 Å². The molecule has 0 aliphatic rings. The highest BCUT2D eigenvalue weighted by atomic mass is 16.6. The molecule has 0 radical (unpaired) electrons. The van der Waals surface area contributed by atoms with Crippen LogP contribution in [-0.4, -0.2) is 21.8 Å². The van der Waals surface area contributed by atoms with Crippen LogP contribution in [0.5, 0.6) is 11.6 Å². The predicted molar refractivity (Wildman–Crippen MR) is 78.5 cm³/mol. The second-order valence-corrected chi connectivity index (χ2v) is 4.61. The average Bonchev–Trinajstić information content (AvgIpc) is 2.76. The van der Waals surface area contributed by atoms with E-state index in [0.29, 0.717) is 24.4 Å². The first-order valence-corrected chi connectivity index (χ1v) is 6.68. The Morgan fingerprint density at radius 2 is 2.24 bits per heavy atom. The summed E-state index contributed by atoms with van der Waals surface area (Å²) in [5.41, 5.74) is 1.39. The van der Waals surface area contributed by atoms with Crippen molar-refractivity contribution < 1.29 is 9.66 Å². The maximum absolute atomic E-state index is 11.2. The van der Waals surface area contributed by atoms with E-state index in [9.17, 15) is 10.1 Å². The van der Waals surface area contributed by atoms with Crippen LogP contribution in [0.15, 0.2) is 24.3 Å². The van der Waals surface area contributed by atoms with Crippen LogP contribution in [0.4, 0.5) is 5.69 Å². The van der Waals surface area contributed by atoms with Gasteiger partial charge in [0.25, 0.3) is 5.88 Å². The molecule has 1 aromatic carbocycles. The first-order valence-electron chi connectivity index (χ1n) is 6.68. The minimum atomic E-state index is -0.446. The average molecular weight is 290 g/mol. The Kier molecular flexibility index (Phi) is 4.54. The van der Waals surface area contributed by atoms with Crippen molar-refractivity contribution in [2.75, 3.05) is 7.05 Å². The normalized spacial score (nSPS) is 10.6. The molecule has 0 spiro atoms. The van der Waals surface area contributed by atoms with Gasteiger partial charge in [0.05, 0.1) is 4.92 Å². The van der Waals surface area contributed by atoms with Gasteiger partial charge < -0.3 is 10.1 Å². The summed E-state index contributed by atoms with van der Waals surface area (Å²) in [6.45, 7) is 2.53. The smallest absolute Gasteiger partial charge is 0.353 e. The Morgan fingerprint density at radius 3 is 2.86 bits per heavy atom. The van der Waals surface area contributed by atoms with Crippen LogP contribution in [0.25, 0.3) is 0 Å². The van der Waals surface area contributed by atoms with Crippen LogP contribution in [0.3, 0.4) is 0 Å². The zero-order valence-corrected chi connectivity index (χ0v) is 12.3. The molecule has 0 unspecified atom stereocenters. The second-order valence-electron chi connectivity index (χ2n) is 4.61. The van der Waals surface area contributed by atoms with E-state index >= 15 is 0 Å². The summed E-state index contributed by atoms with van der Waals surface area (Å²) < 4.78 is 7.11. The van der Waals surface area contributed by atoms with Crippen molar-refractivity contribution in [2.45, 2.75) is 19.9 Å². The summed E-state index contributed by atoms with van der Waals surface area (Å²) in [6.07, 6.45) is 0.479. The number of aryl methyl sites for hydroxylation is 2. The molecule has 1 N–H and O–H groups in total. The van der Waals surface area contributed by atoms with E-state index in [-0.39, 0.29) is 11.6 Å². The predicted octanol–water partition coefficient (Wildman–Crippen LogP) is 2.40. The molecule has 21 heavy (non-hydrogen) atoms. The van der Waals surface area contributed by atoms with Gasteiger partial charge >= 0.3 is 5.69 Å². The van der Waals surface area contributed by atoms with E-state index in [1.54, 1.807) is 13.1 Å². The van der Waals surface area contributed by atoms with E-state index in [4.69, 9.17) is 4.74 Å². The summed E-state index contributed by atoms with van der Waals surface area (Å²) in [5, 5.41) is 18.4. The lowest BCUT2D eigenvalue weighted by Gasteiger charge is -2.07. The molecule has 0 aliphatic carbocycles. The van der Waals surface area contributed by atoms with Crippen LogP contribution >= 0.6 is 0 Å². The van der Waals surface area contributed by atoms with Crippen LogP contribution in [0.1, 0.15) is 18.2 Å². The summed E-state index contributed by atoms with van der Waals surface area (Å²) >= 11 is 0. The molecule has 1 heterocycles. The number of nitro groups is 1. The number of nitrogens with zero attached hydrogens (tertiary/aromatic N) is 3. The number of aromatic nitrogens is 2. The SMILES string of the molecule is CCc1nn(C)c(Oc2cccc(CNC)c2)c1[N+](=O)[O-]. The van der Waals surface area contributed by atoms with E-state index in [1.165, 1.54) is 4.68 Å². The highest BCUT2D eigenvalue weighted by Gasteiger charge is 2.27. The fraction of sp³-hybridized carbons (Fsp3) is 0.357. The van der Waals surface area contributed by atoms with Gasteiger partial charge in [0, 0.05) is 13.6 Å². The lowest BCUT2D eigenvalue weighted by Crippen LogP contribution is -2.05. The third-order valence-electron chi connectivity index (χ3n) is 3.05. The number of hydrogen-bond donors (Lipinski definition) is 1. The van der Waals surface area contributed by atoms with Crippen molar-refractivity contribution in [2.24, 2.45) is 7.05 Å². The molecular formula is C14H18N4O3. The summed E-state index contributed by atoms with van der Waals surface area (Å²) in [5.74, 6) is 0.704. The maximum Gasteiger partial charge on any atom is 0.353 e. The Balaban J connectivity index is 2.37. The zero-order chi connectivity index (χ0) is 15.4. The molecule has 0 bridgehead atoms. The van der Waals surface area contributed by atoms with E-state index in [2.05, 4.69) is 10.4 Å². The number of benzene rings is 1. The molecule has 0 aliphatic heterocycles. The number of hydrogen-bond acceptors (Lipinski definition) is 5. The molecule has 7 nitrogen and oxygen atoms in total. The summed E-state index contributed by atoms with van der Waals surface area (Å²) in [7, 11) is 3.49. The molecule has 0 saturated carbocycles. The zero-order valence-electron chi connectivity index (χ0n) is 12.3. The van der Waals surface area contributed by atoms with Crippen LogP contribution < -0.4 is 10.1 Å². The fourth-order valence-corrected chi connectivity index (χ4v) is 2.12. The third-order valence-corrected chi connectivity index (χ3v) is 3.05. The number of ether oxygens (including phenoxy) is 1. The molecule has 0 amide bonds. The molecule has 2 rings (SSSR count). The monoisotopic (exact) mass is 290 g/mol. The highest BCUT2D eigenvalue weighted by molar-refractivity contribution is 5.48. The standard InChI is InChI=1S/C14H18N4O3/c1-4-12-13(18(19)20)14(17(3)16-12)21-11-7-5-6-10(8-11)9-15-2/h5-8,15H,4,9H2,1-3H3. The van der Waals surface area contributed by atoms with Crippen molar-refractivity contribution in [3.8, 4) is 11.6 Å². The third kappa shape index (κ3) is 3.19. The molecule has 1 aromatic heterocycles. The minimum absolute atomic E-state index is 0.0704. The maximum atomic E-state index is 11.2. The molecule has 0 atom stereocenters. The van der Waals surface area contributed by atoms with Crippen molar-refractivity contribution in [3.63, 3.8) is 0 Å². The lowest BCUT2D eigenvalue weighted by atomic mass is 10.2. The molecule has 0 saturated heterocycles. The van der Waals surface area contributed by atoms with Crippen molar-refractivity contribution in [3.05, 3.63) is 45.6 Å². The van der Waals surface area contributed by atoms with Gasteiger partial charge in [-0.15, -0.1) is 0 Å². The Bertz CT molecular complexity index is 652. The molecule has 7 heteroatoms. The van der Waals surface area contributed by atoms with Gasteiger partial charge in [-0.05, 0) is 31.2 Å². The largest absolute Gasteiger partial charge is 0.434 e. The van der Waals surface area contributed by atoms with Gasteiger partial charge in [0.1, 0.15) is 11.4 Å². The van der Waals surface area contributed by atoms with Crippen molar-refractivity contribution in [1.29, 1.82) is 0 Å². The summed E-state index contributed by atoms with van der Waals surface area (Å²) in [6, 6.07) is 7.42. The van der Waals surface area contributed by atoms with Gasteiger partial charge in [-0.1, -0.05) is 19.1 Å². The molecule has 112 valence electrons. The van der Waals surface area contributed by atoms with E-state index < -0.39 is 4.92 Å². The minimum Gasteiger partial charge on any atom is -0.434 e. The first-order chi connectivity index (χ1) is 10.1. The molecule has 0 fully saturated rings. The lowest BCUT2D eigenvalue weighted by molar-refractivity contribution is -0.386. The topological polar surface area (TPSA) is 82.2 Å². The van der Waals surface area contributed by atoms with E-state index in [1.807, 2.05) is 32.2 Å².